The summed E-state index contributed by atoms with van der Waals surface area (Å²) < 4.78 is 17.0. The SMILES string of the molecule is CN1CCN(C(=O)OC2c3nccnc3C(=O)N2c2ccc(Cl)cn2)CC1.CN1CCN(C(=O)O[C@@H]2c3nccnc3C(=O)N2c2ccc(Cl)cn2)CC1.CN1CCN(C(=O)O[C@H]2c3nccnc3C(=O)N2c2ccc(Cl)cn2)CC1. The molecule has 0 radical (unpaired) electrons. The fourth-order valence-corrected chi connectivity index (χ4v) is 9.45. The third-order valence-corrected chi connectivity index (χ3v) is 14.3. The van der Waals surface area contributed by atoms with Gasteiger partial charge in [0.15, 0.2) is 17.1 Å². The van der Waals surface area contributed by atoms with Gasteiger partial charge in [0.05, 0.1) is 15.1 Å². The van der Waals surface area contributed by atoms with Gasteiger partial charge >= 0.3 is 18.3 Å². The number of hydrogen-bond acceptors (Lipinski definition) is 21. The quantitative estimate of drug-likeness (QED) is 0.204. The summed E-state index contributed by atoms with van der Waals surface area (Å²) >= 11 is 17.7. The highest BCUT2D eigenvalue weighted by Crippen LogP contribution is 2.39. The number of nitrogens with zero attached hydrogens (tertiary/aromatic N) is 18. The van der Waals surface area contributed by atoms with Crippen molar-refractivity contribution in [2.45, 2.75) is 18.7 Å². The van der Waals surface area contributed by atoms with E-state index in [1.165, 1.54) is 70.5 Å². The molecule has 6 aliphatic rings. The van der Waals surface area contributed by atoms with E-state index in [9.17, 15) is 28.8 Å². The zero-order valence-corrected chi connectivity index (χ0v) is 46.0. The Kier molecular flexibility index (Phi) is 17.0. The van der Waals surface area contributed by atoms with Gasteiger partial charge in [-0.2, -0.15) is 0 Å². The Balaban J connectivity index is 0.000000136. The van der Waals surface area contributed by atoms with E-state index in [1.54, 1.807) is 51.1 Å². The van der Waals surface area contributed by atoms with Crippen LogP contribution in [0.1, 0.15) is 67.2 Å². The van der Waals surface area contributed by atoms with Crippen molar-refractivity contribution in [2.24, 2.45) is 0 Å². The average Bonchev–Trinajstić information content (AvgIpc) is 4.03. The molecular formula is C51H51Cl3N18O9. The van der Waals surface area contributed by atoms with Crippen molar-refractivity contribution < 1.29 is 43.0 Å². The molecular weight excluding hydrogens is 1120 g/mol. The molecule has 1 unspecified atom stereocenters. The van der Waals surface area contributed by atoms with Gasteiger partial charge in [-0.05, 0) is 57.5 Å². The number of aromatic nitrogens is 9. The summed E-state index contributed by atoms with van der Waals surface area (Å²) in [5.74, 6) is -0.363. The van der Waals surface area contributed by atoms with Crippen molar-refractivity contribution >= 4 is 88.3 Å². The van der Waals surface area contributed by atoms with E-state index in [2.05, 4.69) is 59.6 Å². The highest BCUT2D eigenvalue weighted by molar-refractivity contribution is 6.31. The maximum atomic E-state index is 12.8. The summed E-state index contributed by atoms with van der Waals surface area (Å²) in [4.78, 5) is 129. The van der Waals surface area contributed by atoms with Crippen LogP contribution in [0.15, 0.2) is 92.2 Å². The van der Waals surface area contributed by atoms with Crippen LogP contribution in [0.4, 0.5) is 31.8 Å². The third kappa shape index (κ3) is 12.2. The van der Waals surface area contributed by atoms with E-state index < -0.39 is 54.7 Å². The molecule has 6 aliphatic heterocycles. The van der Waals surface area contributed by atoms with Gasteiger partial charge in [-0.15, -0.1) is 0 Å². The molecule has 420 valence electrons. The van der Waals surface area contributed by atoms with Gasteiger partial charge in [0.2, 0.25) is 18.7 Å². The number of likely N-dealkylation sites (N-methyl/N-ethyl adjacent to an activating group) is 3. The van der Waals surface area contributed by atoms with Crippen molar-refractivity contribution in [1.82, 2.24) is 74.3 Å². The van der Waals surface area contributed by atoms with Crippen LogP contribution in [0.5, 0.6) is 0 Å². The summed E-state index contributed by atoms with van der Waals surface area (Å²) in [6.07, 6.45) is 8.35. The summed E-state index contributed by atoms with van der Waals surface area (Å²) in [5, 5.41) is 1.31. The lowest BCUT2D eigenvalue weighted by Gasteiger charge is -2.33. The smallest absolute Gasteiger partial charge is 0.412 e. The predicted molar refractivity (Wildman–Crippen MR) is 289 cm³/mol. The van der Waals surface area contributed by atoms with Crippen molar-refractivity contribution in [1.29, 1.82) is 0 Å². The van der Waals surface area contributed by atoms with E-state index in [4.69, 9.17) is 49.0 Å². The molecule has 0 spiro atoms. The van der Waals surface area contributed by atoms with Crippen LogP contribution >= 0.6 is 34.8 Å². The zero-order chi connectivity index (χ0) is 56.9. The molecule has 6 amide bonds. The molecule has 12 rings (SSSR count). The maximum absolute atomic E-state index is 12.8. The maximum Gasteiger partial charge on any atom is 0.412 e. The van der Waals surface area contributed by atoms with Gasteiger partial charge in [0, 0.05) is 134 Å². The molecule has 0 aliphatic carbocycles. The number of rotatable bonds is 6. The molecule has 0 bridgehead atoms. The standard InChI is InChI=1S/3C17H17ClN6O3/c3*1-22-6-8-23(9-7-22)17(26)27-16-14-13(19-4-5-20-14)15(25)24(16)12-3-2-11(18)10-21-12/h3*2-5,10,16H,6-9H2,1H3/t2*16-;/m10./s1. The molecule has 0 saturated carbocycles. The highest BCUT2D eigenvalue weighted by atomic mass is 35.5. The second-order valence-corrected chi connectivity index (χ2v) is 20.3. The van der Waals surface area contributed by atoms with Gasteiger partial charge in [-0.3, -0.25) is 29.3 Å². The first-order valence-corrected chi connectivity index (χ1v) is 26.5. The lowest BCUT2D eigenvalue weighted by atomic mass is 10.3. The Hall–Kier alpha value is -8.34. The minimum atomic E-state index is -1.03. The zero-order valence-electron chi connectivity index (χ0n) is 43.7. The lowest BCUT2D eigenvalue weighted by Crippen LogP contribution is -2.48. The number of halogens is 3. The van der Waals surface area contributed by atoms with Gasteiger partial charge < -0.3 is 43.6 Å². The van der Waals surface area contributed by atoms with Gasteiger partial charge in [-0.1, -0.05) is 34.8 Å². The van der Waals surface area contributed by atoms with Crippen LogP contribution in [-0.4, -0.2) is 210 Å². The molecule has 12 heterocycles. The van der Waals surface area contributed by atoms with E-state index in [1.807, 2.05) is 21.1 Å². The number of ether oxygens (including phenoxy) is 3. The third-order valence-electron chi connectivity index (χ3n) is 13.6. The number of piperazine rings is 3. The number of anilines is 3. The van der Waals surface area contributed by atoms with Gasteiger partial charge in [-0.25, -0.2) is 59.0 Å². The Morgan fingerprint density at radius 2 is 0.630 bits per heavy atom. The topological polar surface area (TPSA) is 275 Å². The number of carbonyl (C=O) groups excluding carboxylic acids is 6. The fourth-order valence-electron chi connectivity index (χ4n) is 9.12. The number of pyridine rings is 3. The molecule has 30 heteroatoms. The Bertz CT molecular complexity index is 2950. The molecule has 0 N–H and O–H groups in total. The molecule has 6 aromatic rings. The first kappa shape index (κ1) is 56.0. The van der Waals surface area contributed by atoms with Gasteiger partial charge in [0.25, 0.3) is 17.7 Å². The Morgan fingerprint density at radius 3 is 0.864 bits per heavy atom. The second kappa shape index (κ2) is 24.6. The minimum Gasteiger partial charge on any atom is -0.419 e. The molecule has 27 nitrogen and oxygen atoms in total. The highest BCUT2D eigenvalue weighted by Gasteiger charge is 2.47. The van der Waals surface area contributed by atoms with Crippen LogP contribution in [0.25, 0.3) is 0 Å². The summed E-state index contributed by atoms with van der Waals surface area (Å²) in [7, 11) is 5.99. The van der Waals surface area contributed by atoms with Crippen molar-refractivity contribution in [3.63, 3.8) is 0 Å². The monoisotopic (exact) mass is 1160 g/mol. The number of fused-ring (bicyclic) bond motifs is 3. The second-order valence-electron chi connectivity index (χ2n) is 19.0. The molecule has 3 atom stereocenters. The summed E-state index contributed by atoms with van der Waals surface area (Å²) in [5.41, 5.74) is 1.31. The Morgan fingerprint density at radius 1 is 0.383 bits per heavy atom. The Labute approximate surface area is 477 Å². The molecule has 6 aromatic heterocycles. The first-order chi connectivity index (χ1) is 39.1. The van der Waals surface area contributed by atoms with E-state index in [0.29, 0.717) is 88.9 Å². The number of hydrogen-bond donors (Lipinski definition) is 0. The normalized spacial score (nSPS) is 19.9. The van der Waals surface area contributed by atoms with Crippen LogP contribution < -0.4 is 14.7 Å². The van der Waals surface area contributed by atoms with E-state index in [-0.39, 0.29) is 17.1 Å². The van der Waals surface area contributed by atoms with E-state index >= 15 is 0 Å². The summed E-state index contributed by atoms with van der Waals surface area (Å²) in [6.45, 7) is 7.92. The average molecular weight is 1170 g/mol. The minimum absolute atomic E-state index is 0.144. The van der Waals surface area contributed by atoms with Crippen LogP contribution in [0, 0.1) is 0 Å². The van der Waals surface area contributed by atoms with Gasteiger partial charge in [0.1, 0.15) is 34.5 Å². The fraction of sp³-hybridized carbons (Fsp3) is 0.353. The van der Waals surface area contributed by atoms with Crippen molar-refractivity contribution in [3.05, 3.63) is 141 Å². The number of amides is 6. The first-order valence-electron chi connectivity index (χ1n) is 25.3. The summed E-state index contributed by atoms with van der Waals surface area (Å²) in [6, 6.07) is 9.59. The van der Waals surface area contributed by atoms with E-state index in [0.717, 1.165) is 39.3 Å². The van der Waals surface area contributed by atoms with Crippen LogP contribution in [0.3, 0.4) is 0 Å². The predicted octanol–water partition coefficient (Wildman–Crippen LogP) is 4.70. The number of carbonyl (C=O) groups is 6. The molecule has 81 heavy (non-hydrogen) atoms. The lowest BCUT2D eigenvalue weighted by molar-refractivity contribution is 0.0466. The van der Waals surface area contributed by atoms with Crippen molar-refractivity contribution in [3.8, 4) is 0 Å². The van der Waals surface area contributed by atoms with Crippen LogP contribution in [-0.2, 0) is 14.2 Å². The molecule has 3 saturated heterocycles. The largest absolute Gasteiger partial charge is 0.419 e. The van der Waals surface area contributed by atoms with Crippen molar-refractivity contribution in [2.75, 3.05) is 114 Å². The van der Waals surface area contributed by atoms with Crippen LogP contribution in [0.2, 0.25) is 15.1 Å². The molecule has 0 aromatic carbocycles. The molecule has 3 fully saturated rings.